The van der Waals surface area contributed by atoms with E-state index in [2.05, 4.69) is 70.5 Å². The van der Waals surface area contributed by atoms with Gasteiger partial charge in [0.15, 0.2) is 0 Å². The summed E-state index contributed by atoms with van der Waals surface area (Å²) < 4.78 is 11.4. The topological polar surface area (TPSA) is 31.4 Å². The van der Waals surface area contributed by atoms with Crippen molar-refractivity contribution in [1.29, 1.82) is 0 Å². The quantitative estimate of drug-likeness (QED) is 0.427. The van der Waals surface area contributed by atoms with Crippen molar-refractivity contribution < 1.29 is 9.47 Å². The van der Waals surface area contributed by atoms with Gasteiger partial charge in [0.1, 0.15) is 0 Å². The number of aryl methyl sites for hydroxylation is 1. The van der Waals surface area contributed by atoms with E-state index < -0.39 is 0 Å². The maximum absolute atomic E-state index is 5.74. The zero-order valence-corrected chi connectivity index (χ0v) is 17.7. The molecule has 0 aliphatic carbocycles. The molecule has 0 saturated carbocycles. The minimum absolute atomic E-state index is 0.0429. The van der Waals surface area contributed by atoms with Crippen molar-refractivity contribution in [3.8, 4) is 11.8 Å². The van der Waals surface area contributed by atoms with Crippen molar-refractivity contribution in [1.82, 2.24) is 4.98 Å². The normalized spacial score (nSPS) is 11.9. The minimum atomic E-state index is -0.0435. The summed E-state index contributed by atoms with van der Waals surface area (Å²) in [6, 6.07) is 4.16. The zero-order chi connectivity index (χ0) is 19.5. The first-order valence-corrected chi connectivity index (χ1v) is 9.87. The molecule has 0 aliphatic rings. The number of unbranched alkanes of at least 4 members (excludes halogenated alkanes) is 3. The van der Waals surface area contributed by atoms with Gasteiger partial charge in [0.05, 0.1) is 11.2 Å². The molecule has 3 nitrogen and oxygen atoms in total. The predicted octanol–water partition coefficient (Wildman–Crippen LogP) is 5.56. The van der Waals surface area contributed by atoms with Gasteiger partial charge >= 0.3 is 0 Å². The largest absolute Gasteiger partial charge is 0.376 e. The summed E-state index contributed by atoms with van der Waals surface area (Å²) in [5.41, 5.74) is 2.04. The summed E-state index contributed by atoms with van der Waals surface area (Å²) >= 11 is 0. The smallest absolute Gasteiger partial charge is 0.0598 e. The molecule has 1 aromatic rings. The molecule has 0 amide bonds. The Morgan fingerprint density at radius 3 is 2.00 bits per heavy atom. The second kappa shape index (κ2) is 11.4. The summed E-state index contributed by atoms with van der Waals surface area (Å²) in [5, 5.41) is 0. The van der Waals surface area contributed by atoms with Crippen LogP contribution in [0.5, 0.6) is 0 Å². The Labute approximate surface area is 160 Å². The van der Waals surface area contributed by atoms with E-state index in [1.54, 1.807) is 0 Å². The van der Waals surface area contributed by atoms with Gasteiger partial charge in [-0.05, 0) is 85.8 Å². The van der Waals surface area contributed by atoms with Crippen molar-refractivity contribution in [2.45, 2.75) is 91.3 Å². The van der Waals surface area contributed by atoms with Gasteiger partial charge in [-0.3, -0.25) is 4.98 Å². The second-order valence-corrected chi connectivity index (χ2v) is 8.68. The number of nitrogens with zero attached hydrogens (tertiary/aromatic N) is 1. The Bertz CT molecular complexity index is 553. The zero-order valence-electron chi connectivity index (χ0n) is 17.7. The lowest BCUT2D eigenvalue weighted by Crippen LogP contribution is -2.19. The highest BCUT2D eigenvalue weighted by Gasteiger charge is 2.09. The van der Waals surface area contributed by atoms with E-state index in [1.807, 2.05) is 6.20 Å². The molecular weight excluding hydrogens is 322 g/mol. The fourth-order valence-electron chi connectivity index (χ4n) is 2.29. The van der Waals surface area contributed by atoms with Crippen LogP contribution in [0, 0.1) is 11.8 Å². The van der Waals surface area contributed by atoms with Crippen LogP contribution in [0.1, 0.15) is 84.9 Å². The van der Waals surface area contributed by atoms with Crippen molar-refractivity contribution in [3.63, 3.8) is 0 Å². The van der Waals surface area contributed by atoms with Crippen LogP contribution in [0.2, 0.25) is 0 Å². The van der Waals surface area contributed by atoms with Crippen molar-refractivity contribution >= 4 is 0 Å². The molecule has 0 bridgehead atoms. The van der Waals surface area contributed by atoms with Crippen molar-refractivity contribution in [3.05, 3.63) is 29.6 Å². The Morgan fingerprint density at radius 1 is 0.846 bits per heavy atom. The average Bonchev–Trinajstić information content (AvgIpc) is 2.53. The number of pyridine rings is 1. The Morgan fingerprint density at radius 2 is 1.46 bits per heavy atom. The maximum Gasteiger partial charge on any atom is 0.0598 e. The number of rotatable bonds is 9. The summed E-state index contributed by atoms with van der Waals surface area (Å²) in [6.45, 7) is 14.2. The van der Waals surface area contributed by atoms with Crippen LogP contribution >= 0.6 is 0 Å². The van der Waals surface area contributed by atoms with Gasteiger partial charge in [-0.1, -0.05) is 11.8 Å². The number of ether oxygens (including phenoxy) is 2. The van der Waals surface area contributed by atoms with E-state index in [0.29, 0.717) is 0 Å². The second-order valence-electron chi connectivity index (χ2n) is 8.68. The van der Waals surface area contributed by atoms with E-state index in [0.717, 1.165) is 63.0 Å². The summed E-state index contributed by atoms with van der Waals surface area (Å²) in [4.78, 5) is 4.52. The van der Waals surface area contributed by atoms with Crippen LogP contribution in [0.15, 0.2) is 18.3 Å². The van der Waals surface area contributed by atoms with Gasteiger partial charge in [-0.2, -0.15) is 0 Å². The van der Waals surface area contributed by atoms with E-state index >= 15 is 0 Å². The van der Waals surface area contributed by atoms with Gasteiger partial charge in [0, 0.05) is 37.1 Å². The molecule has 0 aromatic carbocycles. The first-order chi connectivity index (χ1) is 12.2. The van der Waals surface area contributed by atoms with Crippen LogP contribution in [0.4, 0.5) is 0 Å². The van der Waals surface area contributed by atoms with Crippen molar-refractivity contribution in [2.24, 2.45) is 0 Å². The van der Waals surface area contributed by atoms with Crippen LogP contribution in [-0.2, 0) is 15.9 Å². The first kappa shape index (κ1) is 22.7. The van der Waals surface area contributed by atoms with Crippen LogP contribution in [0.3, 0.4) is 0 Å². The molecule has 3 heteroatoms. The molecule has 0 fully saturated rings. The Hall–Kier alpha value is -1.37. The molecule has 1 heterocycles. The third-order valence-corrected chi connectivity index (χ3v) is 3.65. The Kier molecular flexibility index (Phi) is 9.91. The third kappa shape index (κ3) is 12.9. The van der Waals surface area contributed by atoms with E-state index in [1.165, 1.54) is 0 Å². The van der Waals surface area contributed by atoms with E-state index in [9.17, 15) is 0 Å². The molecule has 0 radical (unpaired) electrons. The molecule has 0 spiro atoms. The fourth-order valence-corrected chi connectivity index (χ4v) is 2.29. The van der Waals surface area contributed by atoms with Crippen LogP contribution in [0.25, 0.3) is 0 Å². The van der Waals surface area contributed by atoms with Crippen molar-refractivity contribution in [2.75, 3.05) is 13.2 Å². The molecule has 0 unspecified atom stereocenters. The summed E-state index contributed by atoms with van der Waals surface area (Å²) in [5.74, 6) is 6.43. The minimum Gasteiger partial charge on any atom is -0.376 e. The standard InChI is InChI=1S/C23H37NO2/c1-22(2,3)25-17-11-8-7-9-13-20-15-16-21(24-19-20)14-10-12-18-26-23(4,5)6/h15-16,19H,7-8,10-12,14,17-18H2,1-6H3. The van der Waals surface area contributed by atoms with Crippen LogP contribution in [-0.4, -0.2) is 29.4 Å². The number of hydrogen-bond acceptors (Lipinski definition) is 3. The molecular formula is C23H37NO2. The molecule has 0 N–H and O–H groups in total. The third-order valence-electron chi connectivity index (χ3n) is 3.65. The lowest BCUT2D eigenvalue weighted by Gasteiger charge is -2.19. The molecule has 0 aliphatic heterocycles. The molecule has 0 atom stereocenters. The van der Waals surface area contributed by atoms with Gasteiger partial charge in [-0.25, -0.2) is 0 Å². The highest BCUT2D eigenvalue weighted by atomic mass is 16.5. The van der Waals surface area contributed by atoms with E-state index in [4.69, 9.17) is 9.47 Å². The number of hydrogen-bond donors (Lipinski definition) is 0. The van der Waals surface area contributed by atoms with Gasteiger partial charge in [0.25, 0.3) is 0 Å². The molecule has 1 aromatic heterocycles. The number of aromatic nitrogens is 1. The molecule has 1 rings (SSSR count). The van der Waals surface area contributed by atoms with Gasteiger partial charge in [0.2, 0.25) is 0 Å². The lowest BCUT2D eigenvalue weighted by molar-refractivity contribution is -0.00485. The highest BCUT2D eigenvalue weighted by molar-refractivity contribution is 5.32. The van der Waals surface area contributed by atoms with E-state index in [-0.39, 0.29) is 11.2 Å². The fraction of sp³-hybridized carbons (Fsp3) is 0.696. The highest BCUT2D eigenvalue weighted by Crippen LogP contribution is 2.10. The Balaban J connectivity index is 2.19. The monoisotopic (exact) mass is 359 g/mol. The summed E-state index contributed by atoms with van der Waals surface area (Å²) in [7, 11) is 0. The first-order valence-electron chi connectivity index (χ1n) is 9.87. The van der Waals surface area contributed by atoms with Crippen LogP contribution < -0.4 is 0 Å². The average molecular weight is 360 g/mol. The predicted molar refractivity (Wildman–Crippen MR) is 109 cm³/mol. The SMILES string of the molecule is CC(C)(C)OCCCCC#Cc1ccc(CCCCOC(C)(C)C)nc1. The molecule has 146 valence electrons. The van der Waals surface area contributed by atoms with Gasteiger partial charge in [-0.15, -0.1) is 0 Å². The molecule has 0 saturated heterocycles. The molecule has 26 heavy (non-hydrogen) atoms. The van der Waals surface area contributed by atoms with Gasteiger partial charge < -0.3 is 9.47 Å². The maximum atomic E-state index is 5.74. The lowest BCUT2D eigenvalue weighted by atomic mass is 10.1. The summed E-state index contributed by atoms with van der Waals surface area (Å²) in [6.07, 6.45) is 8.09.